The van der Waals surface area contributed by atoms with Gasteiger partial charge in [-0.2, -0.15) is 0 Å². The standard InChI is InChI=1S/C14H17NO4/c1-14(2,7-12(16)17)15-13(18)10-8-19-11-6-4-3-5-9(10)11/h3-6,10H,7-8H2,1-2H3,(H,15,18)(H,16,17). The van der Waals surface area contributed by atoms with E-state index in [4.69, 9.17) is 9.84 Å². The zero-order valence-electron chi connectivity index (χ0n) is 11.0. The van der Waals surface area contributed by atoms with Crippen molar-refractivity contribution in [2.45, 2.75) is 31.7 Å². The summed E-state index contributed by atoms with van der Waals surface area (Å²) in [6.45, 7) is 3.69. The molecule has 1 aromatic rings. The van der Waals surface area contributed by atoms with Gasteiger partial charge in [0, 0.05) is 11.1 Å². The fourth-order valence-corrected chi connectivity index (χ4v) is 2.22. The van der Waals surface area contributed by atoms with Crippen molar-refractivity contribution >= 4 is 11.9 Å². The van der Waals surface area contributed by atoms with Crippen LogP contribution >= 0.6 is 0 Å². The highest BCUT2D eigenvalue weighted by atomic mass is 16.5. The summed E-state index contributed by atoms with van der Waals surface area (Å²) < 4.78 is 5.45. The smallest absolute Gasteiger partial charge is 0.305 e. The first kappa shape index (κ1) is 13.4. The largest absolute Gasteiger partial charge is 0.492 e. The van der Waals surface area contributed by atoms with E-state index in [0.717, 1.165) is 11.3 Å². The molecule has 1 unspecified atom stereocenters. The predicted octanol–water partition coefficient (Wildman–Crippen LogP) is 1.53. The molecule has 1 amide bonds. The Balaban J connectivity index is 2.08. The van der Waals surface area contributed by atoms with Crippen LogP contribution in [-0.2, 0) is 9.59 Å². The average molecular weight is 263 g/mol. The van der Waals surface area contributed by atoms with Gasteiger partial charge in [0.25, 0.3) is 0 Å². The molecule has 1 aliphatic rings. The lowest BCUT2D eigenvalue weighted by atomic mass is 9.96. The number of amides is 1. The molecule has 0 radical (unpaired) electrons. The summed E-state index contributed by atoms with van der Waals surface area (Å²) in [6.07, 6.45) is -0.117. The fourth-order valence-electron chi connectivity index (χ4n) is 2.22. The highest BCUT2D eigenvalue weighted by molar-refractivity contribution is 5.86. The second-order valence-corrected chi connectivity index (χ2v) is 5.35. The monoisotopic (exact) mass is 263 g/mol. The SMILES string of the molecule is CC(C)(CC(=O)O)NC(=O)C1COc2ccccc21. The molecule has 1 aliphatic heterocycles. The second kappa shape index (κ2) is 4.91. The van der Waals surface area contributed by atoms with Crippen LogP contribution in [0.1, 0.15) is 31.7 Å². The summed E-state index contributed by atoms with van der Waals surface area (Å²) >= 11 is 0. The van der Waals surface area contributed by atoms with Gasteiger partial charge in [0.15, 0.2) is 0 Å². The molecule has 0 spiro atoms. The van der Waals surface area contributed by atoms with E-state index in [1.165, 1.54) is 0 Å². The number of rotatable bonds is 4. The van der Waals surface area contributed by atoms with E-state index in [9.17, 15) is 9.59 Å². The maximum Gasteiger partial charge on any atom is 0.305 e. The van der Waals surface area contributed by atoms with Gasteiger partial charge in [-0.25, -0.2) is 0 Å². The molecule has 1 heterocycles. The van der Waals surface area contributed by atoms with Gasteiger partial charge in [-0.15, -0.1) is 0 Å². The lowest BCUT2D eigenvalue weighted by Crippen LogP contribution is -2.47. The fraction of sp³-hybridized carbons (Fsp3) is 0.429. The number of carbonyl (C=O) groups excluding carboxylic acids is 1. The van der Waals surface area contributed by atoms with E-state index in [-0.39, 0.29) is 18.2 Å². The highest BCUT2D eigenvalue weighted by Crippen LogP contribution is 2.33. The van der Waals surface area contributed by atoms with E-state index >= 15 is 0 Å². The number of hydrogen-bond acceptors (Lipinski definition) is 3. The summed E-state index contributed by atoms with van der Waals surface area (Å²) in [5.41, 5.74) is 0.0756. The van der Waals surface area contributed by atoms with Crippen molar-refractivity contribution in [2.75, 3.05) is 6.61 Å². The summed E-state index contributed by atoms with van der Waals surface area (Å²) in [5, 5.41) is 11.6. The van der Waals surface area contributed by atoms with Crippen LogP contribution in [0.2, 0.25) is 0 Å². The van der Waals surface area contributed by atoms with Gasteiger partial charge in [0.1, 0.15) is 18.3 Å². The van der Waals surface area contributed by atoms with Gasteiger partial charge < -0.3 is 15.2 Å². The molecule has 102 valence electrons. The highest BCUT2D eigenvalue weighted by Gasteiger charge is 2.33. The molecule has 0 saturated heterocycles. The molecule has 5 nitrogen and oxygen atoms in total. The molecule has 0 aliphatic carbocycles. The van der Waals surface area contributed by atoms with Crippen molar-refractivity contribution in [1.82, 2.24) is 5.32 Å². The molecule has 5 heteroatoms. The zero-order valence-corrected chi connectivity index (χ0v) is 11.0. The Morgan fingerprint density at radius 1 is 1.42 bits per heavy atom. The normalized spacial score (nSPS) is 17.5. The number of benzene rings is 1. The Bertz CT molecular complexity index is 510. The van der Waals surface area contributed by atoms with Crippen molar-refractivity contribution in [3.05, 3.63) is 29.8 Å². The molecule has 19 heavy (non-hydrogen) atoms. The summed E-state index contributed by atoms with van der Waals surface area (Å²) in [4.78, 5) is 23.0. The summed E-state index contributed by atoms with van der Waals surface area (Å²) in [5.74, 6) is -0.785. The van der Waals surface area contributed by atoms with E-state index < -0.39 is 11.5 Å². The molecule has 1 atom stereocenters. The third-order valence-corrected chi connectivity index (χ3v) is 3.07. The van der Waals surface area contributed by atoms with Gasteiger partial charge >= 0.3 is 5.97 Å². The number of aliphatic carboxylic acids is 1. The van der Waals surface area contributed by atoms with Crippen molar-refractivity contribution in [1.29, 1.82) is 0 Å². The first-order valence-corrected chi connectivity index (χ1v) is 6.14. The van der Waals surface area contributed by atoms with Crippen molar-refractivity contribution < 1.29 is 19.4 Å². The predicted molar refractivity (Wildman–Crippen MR) is 69.2 cm³/mol. The Labute approximate surface area is 111 Å². The third-order valence-electron chi connectivity index (χ3n) is 3.07. The van der Waals surface area contributed by atoms with Gasteiger partial charge in [-0.05, 0) is 19.9 Å². The number of carboxylic acid groups (broad SMARTS) is 1. The van der Waals surface area contributed by atoms with Gasteiger partial charge in [-0.1, -0.05) is 18.2 Å². The first-order valence-electron chi connectivity index (χ1n) is 6.14. The Morgan fingerprint density at radius 2 is 2.11 bits per heavy atom. The molecular weight excluding hydrogens is 246 g/mol. The lowest BCUT2D eigenvalue weighted by Gasteiger charge is -2.25. The van der Waals surface area contributed by atoms with Crippen molar-refractivity contribution in [3.63, 3.8) is 0 Å². The number of para-hydroxylation sites is 1. The van der Waals surface area contributed by atoms with Crippen LogP contribution < -0.4 is 10.1 Å². The van der Waals surface area contributed by atoms with E-state index in [2.05, 4.69) is 5.32 Å². The molecule has 2 N–H and O–H groups in total. The Kier molecular flexibility index (Phi) is 3.46. The Hall–Kier alpha value is -2.04. The zero-order chi connectivity index (χ0) is 14.0. The van der Waals surface area contributed by atoms with Crippen LogP contribution in [-0.4, -0.2) is 29.1 Å². The average Bonchev–Trinajstić information content (AvgIpc) is 2.69. The first-order chi connectivity index (χ1) is 8.89. The van der Waals surface area contributed by atoms with E-state index in [1.54, 1.807) is 13.8 Å². The van der Waals surface area contributed by atoms with Gasteiger partial charge in [0.05, 0.1) is 6.42 Å². The molecular formula is C14H17NO4. The molecule has 0 saturated carbocycles. The van der Waals surface area contributed by atoms with Crippen LogP contribution in [0.4, 0.5) is 0 Å². The topological polar surface area (TPSA) is 75.6 Å². The van der Waals surface area contributed by atoms with Gasteiger partial charge in [0.2, 0.25) is 5.91 Å². The number of carbonyl (C=O) groups is 2. The van der Waals surface area contributed by atoms with E-state index in [1.807, 2.05) is 24.3 Å². The molecule has 0 bridgehead atoms. The summed E-state index contributed by atoms with van der Waals surface area (Å²) in [6, 6.07) is 7.39. The minimum atomic E-state index is -0.937. The van der Waals surface area contributed by atoms with Crippen LogP contribution in [0.25, 0.3) is 0 Å². The van der Waals surface area contributed by atoms with Crippen LogP contribution in [0.15, 0.2) is 24.3 Å². The second-order valence-electron chi connectivity index (χ2n) is 5.35. The quantitative estimate of drug-likeness (QED) is 0.863. The van der Waals surface area contributed by atoms with Gasteiger partial charge in [-0.3, -0.25) is 9.59 Å². The Morgan fingerprint density at radius 3 is 2.79 bits per heavy atom. The maximum absolute atomic E-state index is 12.2. The lowest BCUT2D eigenvalue weighted by molar-refractivity contribution is -0.138. The number of hydrogen-bond donors (Lipinski definition) is 2. The maximum atomic E-state index is 12.2. The molecule has 0 aromatic heterocycles. The molecule has 1 aromatic carbocycles. The number of nitrogens with one attached hydrogen (secondary N) is 1. The number of carboxylic acids is 1. The van der Waals surface area contributed by atoms with Crippen molar-refractivity contribution in [2.24, 2.45) is 0 Å². The number of fused-ring (bicyclic) bond motifs is 1. The third kappa shape index (κ3) is 3.05. The van der Waals surface area contributed by atoms with Crippen LogP contribution in [0.3, 0.4) is 0 Å². The summed E-state index contributed by atoms with van der Waals surface area (Å²) in [7, 11) is 0. The minimum absolute atomic E-state index is 0.117. The van der Waals surface area contributed by atoms with Crippen LogP contribution in [0.5, 0.6) is 5.75 Å². The molecule has 0 fully saturated rings. The van der Waals surface area contributed by atoms with Crippen molar-refractivity contribution in [3.8, 4) is 5.75 Å². The minimum Gasteiger partial charge on any atom is -0.492 e. The molecule has 2 rings (SSSR count). The number of ether oxygens (including phenoxy) is 1. The van der Waals surface area contributed by atoms with Crippen LogP contribution in [0, 0.1) is 0 Å². The van der Waals surface area contributed by atoms with E-state index in [0.29, 0.717) is 6.61 Å².